The van der Waals surface area contributed by atoms with E-state index >= 15 is 0 Å². The largest absolute Gasteiger partial charge is 0.384 e. The molecule has 4 heteroatoms. The van der Waals surface area contributed by atoms with Crippen molar-refractivity contribution in [1.82, 2.24) is 5.32 Å². The highest BCUT2D eigenvalue weighted by Gasteiger charge is 2.09. The number of hydrogen-bond donors (Lipinski definition) is 2. The minimum absolute atomic E-state index is 0.0918. The Morgan fingerprint density at radius 1 is 1.33 bits per heavy atom. The van der Waals surface area contributed by atoms with Gasteiger partial charge in [0.2, 0.25) is 0 Å². The predicted molar refractivity (Wildman–Crippen MR) is 89.7 cm³/mol. The molecule has 0 saturated heterocycles. The number of nitrogens with one attached hydrogen (secondary N) is 1. The number of carbonyl (C=O) groups excluding carboxylic acids is 1. The number of aliphatic hydroxyl groups excluding tert-OH is 1. The van der Waals surface area contributed by atoms with Crippen LogP contribution in [0.2, 0.25) is 0 Å². The zero-order chi connectivity index (χ0) is 15.5. The first-order valence-electron chi connectivity index (χ1n) is 7.16. The Kier molecular flexibility index (Phi) is 8.65. The fraction of sp³-hybridized carbons (Fsp3) is 0.471. The summed E-state index contributed by atoms with van der Waals surface area (Å²) in [6.45, 7) is 2.43. The van der Waals surface area contributed by atoms with Crippen molar-refractivity contribution in [3.8, 4) is 11.8 Å². The van der Waals surface area contributed by atoms with Gasteiger partial charge in [0, 0.05) is 12.1 Å². The van der Waals surface area contributed by atoms with Gasteiger partial charge in [-0.15, -0.1) is 0 Å². The van der Waals surface area contributed by atoms with Gasteiger partial charge in [-0.05, 0) is 43.9 Å². The molecule has 0 spiro atoms. The molecule has 1 rings (SSSR count). The molecule has 0 aromatic heterocycles. The van der Waals surface area contributed by atoms with Gasteiger partial charge in [0.25, 0.3) is 5.91 Å². The third-order valence-electron chi connectivity index (χ3n) is 3.03. The van der Waals surface area contributed by atoms with E-state index in [1.165, 1.54) is 12.2 Å². The second kappa shape index (κ2) is 10.3. The van der Waals surface area contributed by atoms with Crippen molar-refractivity contribution in [2.24, 2.45) is 0 Å². The molecule has 0 aliphatic heterocycles. The Balaban J connectivity index is 2.58. The van der Waals surface area contributed by atoms with Gasteiger partial charge in [0.15, 0.2) is 0 Å². The Morgan fingerprint density at radius 3 is 2.86 bits per heavy atom. The molecule has 3 nitrogen and oxygen atoms in total. The summed E-state index contributed by atoms with van der Waals surface area (Å²) in [5.41, 5.74) is 2.27. The van der Waals surface area contributed by atoms with Crippen molar-refractivity contribution >= 4 is 17.7 Å². The van der Waals surface area contributed by atoms with Crippen LogP contribution in [-0.4, -0.2) is 36.2 Å². The van der Waals surface area contributed by atoms with E-state index in [0.717, 1.165) is 18.4 Å². The summed E-state index contributed by atoms with van der Waals surface area (Å²) in [5.74, 6) is 6.50. The van der Waals surface area contributed by atoms with Gasteiger partial charge >= 0.3 is 0 Å². The van der Waals surface area contributed by atoms with Crippen LogP contribution in [0.5, 0.6) is 0 Å². The Bertz CT molecular complexity index is 517. The lowest BCUT2D eigenvalue weighted by atomic mass is 10.0. The Hall–Kier alpha value is -1.44. The van der Waals surface area contributed by atoms with Crippen molar-refractivity contribution in [3.63, 3.8) is 0 Å². The molecule has 0 atom stereocenters. The molecular formula is C17H23NO2S. The number of amides is 1. The molecule has 0 heterocycles. The lowest BCUT2D eigenvalue weighted by Gasteiger charge is -2.08. The molecule has 1 aromatic carbocycles. The maximum atomic E-state index is 12.2. The van der Waals surface area contributed by atoms with Crippen LogP contribution < -0.4 is 5.32 Å². The first-order valence-corrected chi connectivity index (χ1v) is 8.56. The van der Waals surface area contributed by atoms with E-state index in [0.29, 0.717) is 17.7 Å². The molecule has 1 aromatic rings. The third kappa shape index (κ3) is 6.70. The molecule has 114 valence electrons. The second-order valence-electron chi connectivity index (χ2n) is 4.82. The van der Waals surface area contributed by atoms with E-state index in [-0.39, 0.29) is 12.5 Å². The second-order valence-corrected chi connectivity index (χ2v) is 5.80. The maximum Gasteiger partial charge on any atom is 0.252 e. The number of aliphatic hydroxyl groups is 1. The SMILES string of the molecule is CSCCCCCNC(=O)c1cc(C)ccc1C#CCO. The topological polar surface area (TPSA) is 49.3 Å². The van der Waals surface area contributed by atoms with Crippen LogP contribution in [0.4, 0.5) is 0 Å². The monoisotopic (exact) mass is 305 g/mol. The van der Waals surface area contributed by atoms with Crippen LogP contribution in [0.1, 0.15) is 40.7 Å². The number of hydrogen-bond acceptors (Lipinski definition) is 3. The highest BCUT2D eigenvalue weighted by atomic mass is 32.2. The molecule has 0 bridgehead atoms. The van der Waals surface area contributed by atoms with E-state index in [9.17, 15) is 4.79 Å². The fourth-order valence-electron chi connectivity index (χ4n) is 1.94. The standard InChI is InChI=1S/C17H23NO2S/c1-14-8-9-15(7-6-11-19)16(13-14)17(20)18-10-4-3-5-12-21-2/h8-9,13,19H,3-5,10-12H2,1-2H3,(H,18,20). The smallest absolute Gasteiger partial charge is 0.252 e. The minimum Gasteiger partial charge on any atom is -0.384 e. The molecule has 0 fully saturated rings. The maximum absolute atomic E-state index is 12.2. The minimum atomic E-state index is -0.204. The lowest BCUT2D eigenvalue weighted by Crippen LogP contribution is -2.25. The van der Waals surface area contributed by atoms with Crippen LogP contribution in [0.15, 0.2) is 18.2 Å². The molecule has 2 N–H and O–H groups in total. The van der Waals surface area contributed by atoms with Crippen molar-refractivity contribution in [2.75, 3.05) is 25.2 Å². The van der Waals surface area contributed by atoms with E-state index in [4.69, 9.17) is 5.11 Å². The molecule has 21 heavy (non-hydrogen) atoms. The fourth-order valence-corrected chi connectivity index (χ4v) is 2.43. The van der Waals surface area contributed by atoms with E-state index in [1.54, 1.807) is 0 Å². The quantitative estimate of drug-likeness (QED) is 0.601. The molecule has 0 radical (unpaired) electrons. The summed E-state index contributed by atoms with van der Waals surface area (Å²) in [5, 5.41) is 11.7. The number of carbonyl (C=O) groups is 1. The van der Waals surface area contributed by atoms with Crippen LogP contribution in [0.3, 0.4) is 0 Å². The zero-order valence-electron chi connectivity index (χ0n) is 12.7. The van der Waals surface area contributed by atoms with Crippen molar-refractivity contribution in [1.29, 1.82) is 0 Å². The number of benzene rings is 1. The van der Waals surface area contributed by atoms with Crippen LogP contribution in [-0.2, 0) is 0 Å². The number of thioether (sulfide) groups is 1. The average molecular weight is 305 g/mol. The van der Waals surface area contributed by atoms with E-state index in [1.807, 2.05) is 36.9 Å². The van der Waals surface area contributed by atoms with Gasteiger partial charge in [0.1, 0.15) is 6.61 Å². The average Bonchev–Trinajstić information content (AvgIpc) is 2.49. The van der Waals surface area contributed by atoms with Crippen molar-refractivity contribution in [2.45, 2.75) is 26.2 Å². The van der Waals surface area contributed by atoms with E-state index in [2.05, 4.69) is 23.4 Å². The van der Waals surface area contributed by atoms with Crippen LogP contribution in [0.25, 0.3) is 0 Å². The summed E-state index contributed by atoms with van der Waals surface area (Å²) in [4.78, 5) is 12.2. The number of unbranched alkanes of at least 4 members (excludes halogenated alkanes) is 2. The Morgan fingerprint density at radius 2 is 2.14 bits per heavy atom. The summed E-state index contributed by atoms with van der Waals surface area (Å²) in [6.07, 6.45) is 5.42. The molecule has 0 unspecified atom stereocenters. The first-order chi connectivity index (χ1) is 10.2. The molecular weight excluding hydrogens is 282 g/mol. The summed E-state index contributed by atoms with van der Waals surface area (Å²) >= 11 is 1.85. The van der Waals surface area contributed by atoms with Gasteiger partial charge in [-0.3, -0.25) is 4.79 Å². The molecule has 0 saturated carbocycles. The number of rotatable bonds is 7. The number of aryl methyl sites for hydroxylation is 1. The van der Waals surface area contributed by atoms with Crippen molar-refractivity contribution < 1.29 is 9.90 Å². The van der Waals surface area contributed by atoms with Crippen molar-refractivity contribution in [3.05, 3.63) is 34.9 Å². The van der Waals surface area contributed by atoms with E-state index < -0.39 is 0 Å². The highest BCUT2D eigenvalue weighted by Crippen LogP contribution is 2.11. The summed E-state index contributed by atoms with van der Waals surface area (Å²) in [7, 11) is 0. The van der Waals surface area contributed by atoms with Gasteiger partial charge in [-0.25, -0.2) is 0 Å². The molecule has 0 aliphatic rings. The van der Waals surface area contributed by atoms with Crippen LogP contribution >= 0.6 is 11.8 Å². The van der Waals surface area contributed by atoms with Gasteiger partial charge < -0.3 is 10.4 Å². The highest BCUT2D eigenvalue weighted by molar-refractivity contribution is 7.98. The predicted octanol–water partition coefficient (Wildman–Crippen LogP) is 2.60. The van der Waals surface area contributed by atoms with Gasteiger partial charge in [0.05, 0.1) is 5.56 Å². The lowest BCUT2D eigenvalue weighted by molar-refractivity contribution is 0.0952. The third-order valence-corrected chi connectivity index (χ3v) is 3.73. The first kappa shape index (κ1) is 17.6. The van der Waals surface area contributed by atoms with Crippen LogP contribution in [0, 0.1) is 18.8 Å². The Labute approximate surface area is 131 Å². The molecule has 0 aliphatic carbocycles. The normalized spacial score (nSPS) is 9.86. The zero-order valence-corrected chi connectivity index (χ0v) is 13.6. The van der Waals surface area contributed by atoms with Gasteiger partial charge in [-0.2, -0.15) is 11.8 Å². The molecule has 1 amide bonds. The van der Waals surface area contributed by atoms with Gasteiger partial charge in [-0.1, -0.05) is 29.9 Å². The summed E-state index contributed by atoms with van der Waals surface area (Å²) < 4.78 is 0. The summed E-state index contributed by atoms with van der Waals surface area (Å²) in [6, 6.07) is 5.58.